The summed E-state index contributed by atoms with van der Waals surface area (Å²) >= 11 is 0. The van der Waals surface area contributed by atoms with Gasteiger partial charge >= 0.3 is 0 Å². The van der Waals surface area contributed by atoms with Crippen molar-refractivity contribution in [2.75, 3.05) is 13.2 Å². The molecule has 0 radical (unpaired) electrons. The van der Waals surface area contributed by atoms with Crippen molar-refractivity contribution in [2.45, 2.75) is 31.8 Å². The SMILES string of the molecule is CC1CC(N)CCN1C(=O)COc1ccccc1. The van der Waals surface area contributed by atoms with Crippen LogP contribution in [-0.2, 0) is 4.79 Å². The maximum atomic E-state index is 12.0. The first-order valence-electron chi connectivity index (χ1n) is 6.39. The number of amides is 1. The zero-order valence-corrected chi connectivity index (χ0v) is 10.7. The second kappa shape index (κ2) is 5.87. The molecule has 0 aliphatic carbocycles. The topological polar surface area (TPSA) is 55.6 Å². The lowest BCUT2D eigenvalue weighted by molar-refractivity contribution is -0.136. The highest BCUT2D eigenvalue weighted by Crippen LogP contribution is 2.16. The summed E-state index contributed by atoms with van der Waals surface area (Å²) in [6.07, 6.45) is 1.75. The third-order valence-electron chi connectivity index (χ3n) is 3.34. The normalized spacial score (nSPS) is 23.8. The Hall–Kier alpha value is -1.55. The monoisotopic (exact) mass is 248 g/mol. The molecule has 1 aliphatic rings. The molecular formula is C14H20N2O2. The maximum Gasteiger partial charge on any atom is 0.260 e. The molecule has 0 spiro atoms. The number of rotatable bonds is 3. The summed E-state index contributed by atoms with van der Waals surface area (Å²) in [5.41, 5.74) is 5.88. The summed E-state index contributed by atoms with van der Waals surface area (Å²) in [7, 11) is 0. The predicted molar refractivity (Wildman–Crippen MR) is 70.3 cm³/mol. The van der Waals surface area contributed by atoms with E-state index in [0.29, 0.717) is 0 Å². The molecule has 1 aromatic rings. The van der Waals surface area contributed by atoms with Crippen LogP contribution in [0.2, 0.25) is 0 Å². The Labute approximate surface area is 108 Å². The number of benzene rings is 1. The number of nitrogens with two attached hydrogens (primary N) is 1. The van der Waals surface area contributed by atoms with E-state index in [1.54, 1.807) is 0 Å². The molecule has 1 saturated heterocycles. The van der Waals surface area contributed by atoms with E-state index >= 15 is 0 Å². The Morgan fingerprint density at radius 2 is 2.17 bits per heavy atom. The molecule has 1 amide bonds. The van der Waals surface area contributed by atoms with Gasteiger partial charge in [0.2, 0.25) is 0 Å². The molecule has 2 atom stereocenters. The van der Waals surface area contributed by atoms with Crippen molar-refractivity contribution in [3.63, 3.8) is 0 Å². The van der Waals surface area contributed by atoms with Gasteiger partial charge in [-0.05, 0) is 31.9 Å². The zero-order valence-electron chi connectivity index (χ0n) is 10.7. The zero-order chi connectivity index (χ0) is 13.0. The predicted octanol–water partition coefficient (Wildman–Crippen LogP) is 1.40. The molecule has 2 unspecified atom stereocenters. The van der Waals surface area contributed by atoms with Gasteiger partial charge < -0.3 is 15.4 Å². The van der Waals surface area contributed by atoms with E-state index in [1.165, 1.54) is 0 Å². The van der Waals surface area contributed by atoms with Crippen LogP contribution < -0.4 is 10.5 Å². The van der Waals surface area contributed by atoms with Crippen molar-refractivity contribution in [3.05, 3.63) is 30.3 Å². The van der Waals surface area contributed by atoms with Crippen LogP contribution in [-0.4, -0.2) is 36.0 Å². The summed E-state index contributed by atoms with van der Waals surface area (Å²) in [6, 6.07) is 9.83. The lowest BCUT2D eigenvalue weighted by atomic mass is 9.99. The molecule has 1 fully saturated rings. The quantitative estimate of drug-likeness (QED) is 0.879. The molecule has 4 nitrogen and oxygen atoms in total. The van der Waals surface area contributed by atoms with E-state index in [0.717, 1.165) is 25.1 Å². The molecule has 18 heavy (non-hydrogen) atoms. The first-order chi connectivity index (χ1) is 8.66. The van der Waals surface area contributed by atoms with Gasteiger partial charge in [-0.3, -0.25) is 4.79 Å². The second-order valence-corrected chi connectivity index (χ2v) is 4.82. The number of hydrogen-bond donors (Lipinski definition) is 1. The van der Waals surface area contributed by atoms with Gasteiger partial charge in [0.05, 0.1) is 0 Å². The standard InChI is InChI=1S/C14H20N2O2/c1-11-9-12(15)7-8-16(11)14(17)10-18-13-5-3-2-4-6-13/h2-6,11-12H,7-10,15H2,1H3. The molecule has 1 aliphatic heterocycles. The summed E-state index contributed by atoms with van der Waals surface area (Å²) in [5, 5.41) is 0. The molecule has 2 N–H and O–H groups in total. The van der Waals surface area contributed by atoms with Gasteiger partial charge in [0.15, 0.2) is 6.61 Å². The lowest BCUT2D eigenvalue weighted by Crippen LogP contribution is -2.49. The summed E-state index contributed by atoms with van der Waals surface area (Å²) in [5.74, 6) is 0.769. The Bertz CT molecular complexity index is 394. The van der Waals surface area contributed by atoms with Crippen molar-refractivity contribution in [1.29, 1.82) is 0 Å². The summed E-state index contributed by atoms with van der Waals surface area (Å²) < 4.78 is 5.47. The fourth-order valence-corrected chi connectivity index (χ4v) is 2.32. The van der Waals surface area contributed by atoms with Gasteiger partial charge in [0, 0.05) is 18.6 Å². The van der Waals surface area contributed by atoms with Gasteiger partial charge in [-0.1, -0.05) is 18.2 Å². The molecular weight excluding hydrogens is 228 g/mol. The molecule has 98 valence electrons. The van der Waals surface area contributed by atoms with Crippen molar-refractivity contribution in [3.8, 4) is 5.75 Å². The lowest BCUT2D eigenvalue weighted by Gasteiger charge is -2.36. The van der Waals surface area contributed by atoms with E-state index < -0.39 is 0 Å². The molecule has 0 saturated carbocycles. The highest BCUT2D eigenvalue weighted by molar-refractivity contribution is 5.78. The number of carbonyl (C=O) groups is 1. The van der Waals surface area contributed by atoms with E-state index in [-0.39, 0.29) is 24.6 Å². The Morgan fingerprint density at radius 3 is 2.83 bits per heavy atom. The first-order valence-corrected chi connectivity index (χ1v) is 6.39. The number of para-hydroxylation sites is 1. The number of piperidine rings is 1. The molecule has 0 aromatic heterocycles. The molecule has 1 heterocycles. The Morgan fingerprint density at radius 1 is 1.44 bits per heavy atom. The van der Waals surface area contributed by atoms with Gasteiger partial charge in [-0.15, -0.1) is 0 Å². The molecule has 1 aromatic carbocycles. The average molecular weight is 248 g/mol. The van der Waals surface area contributed by atoms with Crippen molar-refractivity contribution in [2.24, 2.45) is 5.73 Å². The Balaban J connectivity index is 1.85. The summed E-state index contributed by atoms with van der Waals surface area (Å²) in [6.45, 7) is 2.88. The number of hydrogen-bond acceptors (Lipinski definition) is 3. The fourth-order valence-electron chi connectivity index (χ4n) is 2.32. The minimum atomic E-state index is 0.0400. The van der Waals surface area contributed by atoms with Crippen molar-refractivity contribution < 1.29 is 9.53 Å². The number of nitrogens with zero attached hydrogens (tertiary/aromatic N) is 1. The Kier molecular flexibility index (Phi) is 4.20. The van der Waals surface area contributed by atoms with Gasteiger partial charge in [-0.25, -0.2) is 0 Å². The largest absolute Gasteiger partial charge is 0.484 e. The van der Waals surface area contributed by atoms with E-state index in [2.05, 4.69) is 0 Å². The summed E-state index contributed by atoms with van der Waals surface area (Å²) in [4.78, 5) is 13.9. The van der Waals surface area contributed by atoms with Crippen molar-refractivity contribution in [1.82, 2.24) is 4.90 Å². The van der Waals surface area contributed by atoms with E-state index in [9.17, 15) is 4.79 Å². The number of ether oxygens (including phenoxy) is 1. The van der Waals surface area contributed by atoms with Gasteiger partial charge in [-0.2, -0.15) is 0 Å². The third-order valence-corrected chi connectivity index (χ3v) is 3.34. The maximum absolute atomic E-state index is 12.0. The van der Waals surface area contributed by atoms with Crippen LogP contribution in [0, 0.1) is 0 Å². The van der Waals surface area contributed by atoms with Crippen LogP contribution in [0.4, 0.5) is 0 Å². The molecule has 4 heteroatoms. The fraction of sp³-hybridized carbons (Fsp3) is 0.500. The third kappa shape index (κ3) is 3.23. The number of carbonyl (C=O) groups excluding carboxylic acids is 1. The first kappa shape index (κ1) is 12.9. The van der Waals surface area contributed by atoms with E-state index in [4.69, 9.17) is 10.5 Å². The van der Waals surface area contributed by atoms with Crippen LogP contribution in [0.1, 0.15) is 19.8 Å². The second-order valence-electron chi connectivity index (χ2n) is 4.82. The minimum absolute atomic E-state index is 0.0400. The number of likely N-dealkylation sites (tertiary alicyclic amines) is 1. The molecule has 2 rings (SSSR count). The van der Waals surface area contributed by atoms with Crippen LogP contribution >= 0.6 is 0 Å². The average Bonchev–Trinajstić information content (AvgIpc) is 2.37. The molecule has 0 bridgehead atoms. The van der Waals surface area contributed by atoms with Gasteiger partial charge in [0.25, 0.3) is 5.91 Å². The van der Waals surface area contributed by atoms with Crippen LogP contribution in [0.3, 0.4) is 0 Å². The van der Waals surface area contributed by atoms with Crippen LogP contribution in [0.5, 0.6) is 5.75 Å². The van der Waals surface area contributed by atoms with Gasteiger partial charge in [0.1, 0.15) is 5.75 Å². The van der Waals surface area contributed by atoms with Crippen molar-refractivity contribution >= 4 is 5.91 Å². The van der Waals surface area contributed by atoms with Crippen LogP contribution in [0.25, 0.3) is 0 Å². The smallest absolute Gasteiger partial charge is 0.260 e. The highest BCUT2D eigenvalue weighted by Gasteiger charge is 2.26. The highest BCUT2D eigenvalue weighted by atomic mass is 16.5. The minimum Gasteiger partial charge on any atom is -0.484 e. The van der Waals surface area contributed by atoms with E-state index in [1.807, 2.05) is 42.2 Å². The van der Waals surface area contributed by atoms with Crippen LogP contribution in [0.15, 0.2) is 30.3 Å².